The number of nitrogens with zero attached hydrogens (tertiary/aromatic N) is 1. The predicted molar refractivity (Wildman–Crippen MR) is 79.8 cm³/mol. The third-order valence-corrected chi connectivity index (χ3v) is 3.55. The van der Waals surface area contributed by atoms with Crippen LogP contribution in [0.5, 0.6) is 0 Å². The normalized spacial score (nSPS) is 10.4. The Kier molecular flexibility index (Phi) is 4.51. The fourth-order valence-corrected chi connectivity index (χ4v) is 2.51. The van der Waals surface area contributed by atoms with Crippen LogP contribution in [-0.2, 0) is 22.4 Å². The zero-order chi connectivity index (χ0) is 16.3. The topological polar surface area (TPSA) is 151 Å². The number of anilines is 1. The first-order chi connectivity index (χ1) is 10.3. The van der Waals surface area contributed by atoms with Crippen molar-refractivity contribution in [1.82, 2.24) is 15.0 Å². The van der Waals surface area contributed by atoms with Crippen LogP contribution in [0.15, 0.2) is 15.0 Å². The molecule has 116 valence electrons. The summed E-state index contributed by atoms with van der Waals surface area (Å²) in [5, 5.41) is 4.44. The second-order valence-electron chi connectivity index (χ2n) is 4.52. The minimum absolute atomic E-state index is 0.00886. The van der Waals surface area contributed by atoms with Gasteiger partial charge in [0.05, 0.1) is 18.5 Å². The molecule has 10 heteroatoms. The molecule has 0 aliphatic heterocycles. The molecule has 2 amide bonds. The largest absolute Gasteiger partial charge is 0.369 e. The summed E-state index contributed by atoms with van der Waals surface area (Å²) in [6, 6.07) is 0. The highest BCUT2D eigenvalue weighted by atomic mass is 32.1. The number of nitrogens with one attached hydrogen (secondary N) is 3. The maximum Gasteiger partial charge on any atom is 0.325 e. The number of amides is 2. The van der Waals surface area contributed by atoms with Crippen molar-refractivity contribution in [3.63, 3.8) is 0 Å². The monoisotopic (exact) mass is 323 g/mol. The Morgan fingerprint density at radius 1 is 1.32 bits per heavy atom. The van der Waals surface area contributed by atoms with E-state index < -0.39 is 23.1 Å². The molecular formula is C12H13N5O4S. The number of hydrogen-bond acceptors (Lipinski definition) is 6. The molecule has 2 rings (SSSR count). The molecule has 22 heavy (non-hydrogen) atoms. The highest BCUT2D eigenvalue weighted by Gasteiger charge is 2.13. The number of aryl methyl sites for hydroxylation is 1. The molecule has 2 aromatic heterocycles. The summed E-state index contributed by atoms with van der Waals surface area (Å²) in [6.45, 7) is 1.54. The quantitative estimate of drug-likeness (QED) is 0.558. The minimum atomic E-state index is -0.623. The van der Waals surface area contributed by atoms with Crippen LogP contribution in [0.25, 0.3) is 0 Å². The molecule has 9 nitrogen and oxygen atoms in total. The lowest BCUT2D eigenvalue weighted by molar-refractivity contribution is -0.117. The summed E-state index contributed by atoms with van der Waals surface area (Å²) >= 11 is 1.15. The molecular weight excluding hydrogens is 310 g/mol. The highest BCUT2D eigenvalue weighted by Crippen LogP contribution is 2.16. The SMILES string of the molecule is Cc1[nH]c(=O)[nH]c(=O)c1CC(=O)Nc1nc(CC(N)=O)cs1. The van der Waals surface area contributed by atoms with Gasteiger partial charge in [-0.2, -0.15) is 0 Å². The van der Waals surface area contributed by atoms with E-state index >= 15 is 0 Å². The molecule has 2 aromatic rings. The Morgan fingerprint density at radius 2 is 2.05 bits per heavy atom. The Morgan fingerprint density at radius 3 is 2.68 bits per heavy atom. The molecule has 2 heterocycles. The number of carbonyl (C=O) groups is 2. The molecule has 0 unspecified atom stereocenters. The van der Waals surface area contributed by atoms with Crippen LogP contribution >= 0.6 is 11.3 Å². The van der Waals surface area contributed by atoms with Gasteiger partial charge in [-0.25, -0.2) is 9.78 Å². The van der Waals surface area contributed by atoms with E-state index in [-0.39, 0.29) is 18.4 Å². The maximum atomic E-state index is 11.9. The smallest absolute Gasteiger partial charge is 0.325 e. The third kappa shape index (κ3) is 3.88. The molecule has 0 saturated carbocycles. The van der Waals surface area contributed by atoms with E-state index in [4.69, 9.17) is 5.73 Å². The summed E-state index contributed by atoms with van der Waals surface area (Å²) in [5.74, 6) is -0.973. The number of primary amides is 1. The lowest BCUT2D eigenvalue weighted by Gasteiger charge is -2.04. The van der Waals surface area contributed by atoms with Crippen LogP contribution in [-0.4, -0.2) is 26.8 Å². The van der Waals surface area contributed by atoms with Crippen LogP contribution in [0.3, 0.4) is 0 Å². The van der Waals surface area contributed by atoms with E-state index in [2.05, 4.69) is 20.3 Å². The zero-order valence-electron chi connectivity index (χ0n) is 11.6. The third-order valence-electron chi connectivity index (χ3n) is 2.75. The average Bonchev–Trinajstić information content (AvgIpc) is 2.80. The van der Waals surface area contributed by atoms with Crippen molar-refractivity contribution >= 4 is 28.3 Å². The molecule has 5 N–H and O–H groups in total. The number of carbonyl (C=O) groups excluding carboxylic acids is 2. The van der Waals surface area contributed by atoms with Gasteiger partial charge in [0.1, 0.15) is 0 Å². The number of aromatic amines is 2. The van der Waals surface area contributed by atoms with Crippen LogP contribution in [0.4, 0.5) is 5.13 Å². The molecule has 0 bridgehead atoms. The van der Waals surface area contributed by atoms with Gasteiger partial charge in [0.15, 0.2) is 5.13 Å². The number of H-pyrrole nitrogens is 2. The number of hydrogen-bond donors (Lipinski definition) is 4. The van der Waals surface area contributed by atoms with Gasteiger partial charge in [-0.1, -0.05) is 0 Å². The number of aromatic nitrogens is 3. The van der Waals surface area contributed by atoms with E-state index in [1.165, 1.54) is 6.92 Å². The van der Waals surface area contributed by atoms with E-state index in [1.54, 1.807) is 5.38 Å². The molecule has 0 atom stereocenters. The van der Waals surface area contributed by atoms with Crippen molar-refractivity contribution in [2.75, 3.05) is 5.32 Å². The van der Waals surface area contributed by atoms with Crippen LogP contribution in [0.2, 0.25) is 0 Å². The van der Waals surface area contributed by atoms with Crippen molar-refractivity contribution < 1.29 is 9.59 Å². The second kappa shape index (κ2) is 6.35. The molecule has 0 fully saturated rings. The number of thiazole rings is 1. The van der Waals surface area contributed by atoms with Crippen molar-refractivity contribution in [2.24, 2.45) is 5.73 Å². The standard InChI is InChI=1S/C12H13N5O4S/c1-5-7(10(20)17-11(21)14-5)3-9(19)16-12-15-6(4-22-12)2-8(13)18/h4H,2-3H2,1H3,(H2,13,18)(H,15,16,19)(H2,14,17,20,21). The Labute approximate surface area is 127 Å². The molecule has 0 saturated heterocycles. The van der Waals surface area contributed by atoms with Gasteiger partial charge in [-0.3, -0.25) is 19.4 Å². The number of rotatable bonds is 5. The van der Waals surface area contributed by atoms with Gasteiger partial charge in [-0.05, 0) is 6.92 Å². The Bertz CT molecular complexity index is 835. The molecule has 0 radical (unpaired) electrons. The first-order valence-electron chi connectivity index (χ1n) is 6.20. The van der Waals surface area contributed by atoms with Gasteiger partial charge in [0, 0.05) is 16.6 Å². The van der Waals surface area contributed by atoms with Crippen LogP contribution in [0, 0.1) is 6.92 Å². The lowest BCUT2D eigenvalue weighted by Crippen LogP contribution is -2.29. The van der Waals surface area contributed by atoms with Crippen molar-refractivity contribution in [3.05, 3.63) is 43.2 Å². The number of nitrogens with two attached hydrogens (primary N) is 1. The van der Waals surface area contributed by atoms with Crippen molar-refractivity contribution in [2.45, 2.75) is 19.8 Å². The van der Waals surface area contributed by atoms with Gasteiger partial charge in [0.2, 0.25) is 11.8 Å². The van der Waals surface area contributed by atoms with Gasteiger partial charge in [0.25, 0.3) is 5.56 Å². The summed E-state index contributed by atoms with van der Waals surface area (Å²) in [4.78, 5) is 53.9. The molecule has 0 aliphatic rings. The average molecular weight is 323 g/mol. The van der Waals surface area contributed by atoms with Gasteiger partial charge < -0.3 is 16.0 Å². The molecule has 0 spiro atoms. The Hall–Kier alpha value is -2.75. The fourth-order valence-electron chi connectivity index (χ4n) is 1.79. The lowest BCUT2D eigenvalue weighted by atomic mass is 10.1. The first kappa shape index (κ1) is 15.6. The van der Waals surface area contributed by atoms with E-state index in [0.29, 0.717) is 16.5 Å². The maximum absolute atomic E-state index is 11.9. The summed E-state index contributed by atoms with van der Waals surface area (Å²) in [5.41, 5.74) is 4.79. The van der Waals surface area contributed by atoms with Crippen LogP contribution in [0.1, 0.15) is 17.0 Å². The Balaban J connectivity index is 2.08. The summed E-state index contributed by atoms with van der Waals surface area (Å²) in [6.07, 6.45) is -0.215. The first-order valence-corrected chi connectivity index (χ1v) is 7.07. The van der Waals surface area contributed by atoms with E-state index in [9.17, 15) is 19.2 Å². The second-order valence-corrected chi connectivity index (χ2v) is 5.38. The zero-order valence-corrected chi connectivity index (χ0v) is 12.4. The van der Waals surface area contributed by atoms with Crippen molar-refractivity contribution in [1.29, 1.82) is 0 Å². The minimum Gasteiger partial charge on any atom is -0.369 e. The predicted octanol–water partition coefficient (Wildman–Crippen LogP) is -0.963. The summed E-state index contributed by atoms with van der Waals surface area (Å²) in [7, 11) is 0. The van der Waals surface area contributed by atoms with Crippen LogP contribution < -0.4 is 22.3 Å². The molecule has 0 aromatic carbocycles. The van der Waals surface area contributed by atoms with Gasteiger partial charge >= 0.3 is 5.69 Å². The van der Waals surface area contributed by atoms with E-state index in [1.807, 2.05) is 0 Å². The van der Waals surface area contributed by atoms with Gasteiger partial charge in [-0.15, -0.1) is 11.3 Å². The molecule has 0 aliphatic carbocycles. The van der Waals surface area contributed by atoms with E-state index in [0.717, 1.165) is 11.3 Å². The summed E-state index contributed by atoms with van der Waals surface area (Å²) < 4.78 is 0. The van der Waals surface area contributed by atoms with Crippen molar-refractivity contribution in [3.8, 4) is 0 Å². The highest BCUT2D eigenvalue weighted by molar-refractivity contribution is 7.13. The fraction of sp³-hybridized carbons (Fsp3) is 0.250.